The lowest BCUT2D eigenvalue weighted by atomic mass is 10.0. The molecule has 0 unspecified atom stereocenters. The summed E-state index contributed by atoms with van der Waals surface area (Å²) in [6.45, 7) is 0.0442. The van der Waals surface area contributed by atoms with Crippen molar-refractivity contribution < 1.29 is 54.8 Å². The molecular weight excluding hydrogens is 819 g/mol. The molecule has 316 valence electrons. The maximum atomic E-state index is 13.4. The van der Waals surface area contributed by atoms with Crippen LogP contribution in [0.25, 0.3) is 21.8 Å². The molecule has 5 aromatic rings. The van der Waals surface area contributed by atoms with E-state index in [0.29, 0.717) is 5.56 Å². The zero-order valence-corrected chi connectivity index (χ0v) is 32.4. The average molecular weight is 856 g/mol. The van der Waals surface area contributed by atoms with Gasteiger partial charge in [-0.1, -0.05) is 17.7 Å². The lowest BCUT2D eigenvalue weighted by Crippen LogP contribution is -2.39. The smallest absolute Gasteiger partial charge is 0.335 e. The number of hydrogen-bond acceptors (Lipinski definition) is 11. The zero-order valence-electron chi connectivity index (χ0n) is 31.6. The van der Waals surface area contributed by atoms with Crippen LogP contribution in [-0.4, -0.2) is 115 Å². The number of aryl methyl sites for hydroxylation is 1. The molecular formula is C38H37F4N9O8S. The van der Waals surface area contributed by atoms with Gasteiger partial charge < -0.3 is 20.6 Å². The molecule has 4 heterocycles. The number of H-pyrrole nitrogens is 2. The van der Waals surface area contributed by atoms with Crippen molar-refractivity contribution in [3.05, 3.63) is 89.7 Å². The van der Waals surface area contributed by atoms with Crippen molar-refractivity contribution in [1.82, 2.24) is 30.2 Å². The van der Waals surface area contributed by atoms with Gasteiger partial charge in [-0.05, 0) is 55.5 Å². The molecule has 0 saturated carbocycles. The van der Waals surface area contributed by atoms with Crippen molar-refractivity contribution in [1.29, 1.82) is 10.5 Å². The Morgan fingerprint density at radius 3 is 1.72 bits per heavy atom. The summed E-state index contributed by atoms with van der Waals surface area (Å²) in [4.78, 5) is 47.4. The fourth-order valence-electron chi connectivity index (χ4n) is 5.92. The molecule has 0 aliphatic carbocycles. The number of halogens is 4. The number of carbonyl (C=O) groups is 4. The van der Waals surface area contributed by atoms with Crippen molar-refractivity contribution in [3.63, 3.8) is 0 Å². The molecule has 60 heavy (non-hydrogen) atoms. The lowest BCUT2D eigenvalue weighted by molar-refractivity contribution is -0.132. The van der Waals surface area contributed by atoms with Gasteiger partial charge in [-0.25, -0.2) is 22.4 Å². The van der Waals surface area contributed by atoms with E-state index in [1.165, 1.54) is 12.1 Å². The van der Waals surface area contributed by atoms with Crippen LogP contribution in [0.5, 0.6) is 0 Å². The summed E-state index contributed by atoms with van der Waals surface area (Å²) in [6, 6.07) is 17.0. The molecule has 2 atom stereocenters. The average Bonchev–Trinajstić information content (AvgIpc) is 4.01. The van der Waals surface area contributed by atoms with Crippen LogP contribution in [0, 0.1) is 29.6 Å². The van der Waals surface area contributed by atoms with E-state index in [0.717, 1.165) is 37.2 Å². The second-order valence-electron chi connectivity index (χ2n) is 13.5. The molecule has 2 saturated heterocycles. The number of fused-ring (bicyclic) bond motifs is 2. The Balaban J connectivity index is 0.000000188. The highest BCUT2D eigenvalue weighted by Gasteiger charge is 2.47. The fourth-order valence-corrected chi connectivity index (χ4v) is 6.40. The fraction of sp³-hybridized carbons (Fsp3) is 0.316. The van der Waals surface area contributed by atoms with E-state index < -0.39 is 77.8 Å². The number of nitrogens with two attached hydrogens (primary N) is 1. The Kier molecular flexibility index (Phi) is 14.8. The van der Waals surface area contributed by atoms with E-state index in [4.69, 9.17) is 25.9 Å². The highest BCUT2D eigenvalue weighted by atomic mass is 32.2. The number of ketones is 1. The number of nitriles is 2. The normalized spacial score (nSPS) is 17.5. The molecule has 0 spiro atoms. The van der Waals surface area contributed by atoms with Gasteiger partial charge in [0.25, 0.3) is 22.0 Å². The molecule has 2 aliphatic rings. The summed E-state index contributed by atoms with van der Waals surface area (Å²) >= 11 is 0. The Labute approximate surface area is 339 Å². The number of carboxylic acid groups (broad SMARTS) is 1. The molecule has 2 aromatic heterocycles. The minimum Gasteiger partial charge on any atom is -0.478 e. The summed E-state index contributed by atoms with van der Waals surface area (Å²) in [6.07, 6.45) is 1.65. The van der Waals surface area contributed by atoms with Crippen LogP contribution in [0.2, 0.25) is 0 Å². The molecule has 22 heteroatoms. The van der Waals surface area contributed by atoms with Crippen LogP contribution in [0.4, 0.5) is 17.6 Å². The van der Waals surface area contributed by atoms with Crippen LogP contribution in [0.1, 0.15) is 52.0 Å². The van der Waals surface area contributed by atoms with Gasteiger partial charge in [0.05, 0.1) is 65.7 Å². The summed E-state index contributed by atoms with van der Waals surface area (Å²) in [5.74, 6) is -8.39. The minimum absolute atomic E-state index is 0.0666. The number of carboxylic acids is 1. The first-order valence-electron chi connectivity index (χ1n) is 17.7. The van der Waals surface area contributed by atoms with Gasteiger partial charge in [0.2, 0.25) is 11.8 Å². The molecule has 17 nitrogen and oxygen atoms in total. The molecule has 7 rings (SSSR count). The van der Waals surface area contributed by atoms with Crippen LogP contribution < -0.4 is 5.73 Å². The van der Waals surface area contributed by atoms with Gasteiger partial charge in [-0.2, -0.15) is 29.1 Å². The Hall–Kier alpha value is -6.75. The maximum Gasteiger partial charge on any atom is 0.335 e. The summed E-state index contributed by atoms with van der Waals surface area (Å²) in [5, 5.41) is 40.8. The molecule has 0 bridgehead atoms. The first kappa shape index (κ1) is 45.9. The van der Waals surface area contributed by atoms with Gasteiger partial charge in [0, 0.05) is 42.0 Å². The third-order valence-corrected chi connectivity index (χ3v) is 9.86. The summed E-state index contributed by atoms with van der Waals surface area (Å²) < 4.78 is 81.7. The number of aromatic amines is 2. The van der Waals surface area contributed by atoms with Gasteiger partial charge in [-0.3, -0.25) is 29.1 Å². The maximum absolute atomic E-state index is 13.4. The lowest BCUT2D eigenvalue weighted by Gasteiger charge is -2.18. The predicted molar refractivity (Wildman–Crippen MR) is 204 cm³/mol. The molecule has 2 aliphatic heterocycles. The predicted octanol–water partition coefficient (Wildman–Crippen LogP) is 4.49. The molecule has 3 aromatic carbocycles. The van der Waals surface area contributed by atoms with Gasteiger partial charge in [0.1, 0.15) is 12.1 Å². The van der Waals surface area contributed by atoms with Gasteiger partial charge in [-0.15, -0.1) is 0 Å². The van der Waals surface area contributed by atoms with E-state index >= 15 is 0 Å². The van der Waals surface area contributed by atoms with Crippen LogP contribution in [0.15, 0.2) is 78.0 Å². The van der Waals surface area contributed by atoms with Crippen molar-refractivity contribution in [2.24, 2.45) is 5.73 Å². The number of nitrogens with zero attached hydrogens (tertiary/aromatic N) is 6. The Morgan fingerprint density at radius 1 is 0.800 bits per heavy atom. The van der Waals surface area contributed by atoms with E-state index in [1.54, 1.807) is 73.1 Å². The third kappa shape index (κ3) is 12.4. The number of likely N-dealkylation sites (tertiary alicyclic amines) is 2. The topological polar surface area (TPSA) is 280 Å². The first-order chi connectivity index (χ1) is 28.2. The number of aromatic nitrogens is 4. The van der Waals surface area contributed by atoms with E-state index in [9.17, 15) is 45.2 Å². The number of benzene rings is 3. The van der Waals surface area contributed by atoms with Crippen LogP contribution in [-0.2, 0) is 19.7 Å². The van der Waals surface area contributed by atoms with E-state index in [2.05, 4.69) is 20.4 Å². The van der Waals surface area contributed by atoms with E-state index in [1.807, 2.05) is 6.92 Å². The Morgan fingerprint density at radius 2 is 1.27 bits per heavy atom. The monoisotopic (exact) mass is 855 g/mol. The third-order valence-electron chi connectivity index (χ3n) is 8.99. The quantitative estimate of drug-likeness (QED) is 0.0858. The SMILES string of the molecule is Cc1ccc(S(=O)(=O)O)cc1.N#C[C@@H]1CC(F)(F)CN1C(=O)CCC(=O)c1ccc2[nH]ncc2c1.N#C[C@@H]1CC(F)(F)CN1C(=O)CN.O=C(O)c1ccc2[nH]ncc2c1. The summed E-state index contributed by atoms with van der Waals surface area (Å²) in [7, 11) is -4.02. The van der Waals surface area contributed by atoms with Gasteiger partial charge in [0.15, 0.2) is 5.78 Å². The Bertz CT molecular complexity index is 2550. The number of amides is 2. The van der Waals surface area contributed by atoms with E-state index in [-0.39, 0.29) is 35.6 Å². The van der Waals surface area contributed by atoms with Crippen LogP contribution >= 0.6 is 0 Å². The number of Topliss-reactive ketones (excluding diaryl/α,β-unsaturated/α-hetero) is 1. The second-order valence-corrected chi connectivity index (χ2v) is 14.9. The number of carbonyl (C=O) groups excluding carboxylic acids is 3. The highest BCUT2D eigenvalue weighted by Crippen LogP contribution is 2.33. The molecule has 2 amide bonds. The van der Waals surface area contributed by atoms with Crippen molar-refractivity contribution >= 4 is 55.5 Å². The number of aromatic carboxylic acids is 1. The standard InChI is InChI=1S/C16H14F2N4O2.C8H6N2O2.C7H9F2N3O.C7H8O3S/c17-16(18)6-12(7-19)22(9-16)15(24)4-3-14(23)10-1-2-13-11(5-10)8-20-21-13;11-8(12)5-1-2-7-6(3-5)4-9-10-7;8-7(9)1-5(2-10)12(4-7)6(13)3-11;1-6-2-4-7(5-3-6)11(8,9)10/h1-2,5,8,12H,3-4,6,9H2,(H,20,21);1-4H,(H,9,10)(H,11,12);5H,1,3-4,11H2;2-5H,1H3,(H,8,9,10)/t12-;;5-;/m0.0./s1. The van der Waals surface area contributed by atoms with Gasteiger partial charge >= 0.3 is 5.97 Å². The largest absolute Gasteiger partial charge is 0.478 e. The molecule has 0 radical (unpaired) electrons. The highest BCUT2D eigenvalue weighted by molar-refractivity contribution is 7.85. The number of rotatable bonds is 7. The van der Waals surface area contributed by atoms with Crippen molar-refractivity contribution in [2.45, 2.75) is 61.4 Å². The van der Waals surface area contributed by atoms with Crippen molar-refractivity contribution in [2.75, 3.05) is 19.6 Å². The number of nitrogens with one attached hydrogen (secondary N) is 2. The minimum atomic E-state index is -4.02. The van der Waals surface area contributed by atoms with Crippen LogP contribution in [0.3, 0.4) is 0 Å². The first-order valence-corrected chi connectivity index (χ1v) is 19.1. The zero-order chi connectivity index (χ0) is 44.4. The molecule has 6 N–H and O–H groups in total. The summed E-state index contributed by atoms with van der Waals surface area (Å²) in [5.41, 5.74) is 8.32. The number of hydrogen-bond donors (Lipinski definition) is 5. The second kappa shape index (κ2) is 19.3. The molecule has 2 fully saturated rings. The number of alkyl halides is 4. The van der Waals surface area contributed by atoms with Crippen molar-refractivity contribution in [3.8, 4) is 12.1 Å².